The molecule has 4 nitrogen and oxygen atoms in total. The number of hydrogen-bond donors (Lipinski definition) is 2. The Kier molecular flexibility index (Phi) is 7.25. The van der Waals surface area contributed by atoms with Crippen molar-refractivity contribution in [2.75, 3.05) is 26.2 Å². The van der Waals surface area contributed by atoms with Gasteiger partial charge in [0.2, 0.25) is 0 Å². The number of likely N-dealkylation sites (tertiary alicyclic amines) is 1. The van der Waals surface area contributed by atoms with Crippen molar-refractivity contribution in [3.8, 4) is 0 Å². The zero-order valence-corrected chi connectivity index (χ0v) is 12.7. The topological polar surface area (TPSA) is 66.6 Å². The molecule has 1 heterocycles. The number of carbonyl (C=O) groups is 1. The summed E-state index contributed by atoms with van der Waals surface area (Å²) in [4.78, 5) is 14.5. The van der Waals surface area contributed by atoms with Gasteiger partial charge in [0.25, 0.3) is 0 Å². The number of hydrogen-bond acceptors (Lipinski definition) is 4. The van der Waals surface area contributed by atoms with Crippen LogP contribution in [0, 0.1) is 11.7 Å². The van der Waals surface area contributed by atoms with E-state index >= 15 is 0 Å². The Balaban J connectivity index is 0.00000220. The van der Waals surface area contributed by atoms with Crippen LogP contribution in [0.15, 0.2) is 24.3 Å². The Morgan fingerprint density at radius 3 is 2.43 bits per heavy atom. The minimum atomic E-state index is -0.325. The van der Waals surface area contributed by atoms with Gasteiger partial charge in [-0.25, -0.2) is 4.39 Å². The molecule has 0 radical (unpaired) electrons. The first kappa shape index (κ1) is 18.0. The number of benzene rings is 1. The molecule has 0 spiro atoms. The Morgan fingerprint density at radius 2 is 1.90 bits per heavy atom. The summed E-state index contributed by atoms with van der Waals surface area (Å²) in [5.74, 6) is -0.229. The molecule has 1 aliphatic heterocycles. The van der Waals surface area contributed by atoms with Crippen LogP contribution >= 0.6 is 12.4 Å². The van der Waals surface area contributed by atoms with E-state index in [9.17, 15) is 9.18 Å². The van der Waals surface area contributed by atoms with Crippen LogP contribution in [0.4, 0.5) is 4.39 Å². The number of rotatable bonds is 5. The van der Waals surface area contributed by atoms with Gasteiger partial charge >= 0.3 is 0 Å². The van der Waals surface area contributed by atoms with Crippen LogP contribution in [-0.4, -0.2) is 48.1 Å². The predicted octanol–water partition coefficient (Wildman–Crippen LogP) is 1.46. The third kappa shape index (κ3) is 5.04. The first-order valence-corrected chi connectivity index (χ1v) is 6.98. The molecule has 2 rings (SSSR count). The second kappa shape index (κ2) is 8.44. The average molecular weight is 317 g/mol. The van der Waals surface area contributed by atoms with E-state index in [4.69, 9.17) is 10.8 Å². The molecule has 0 unspecified atom stereocenters. The molecule has 118 valence electrons. The van der Waals surface area contributed by atoms with E-state index < -0.39 is 0 Å². The Labute approximate surface area is 130 Å². The van der Waals surface area contributed by atoms with Crippen molar-refractivity contribution in [1.29, 1.82) is 0 Å². The van der Waals surface area contributed by atoms with Crippen LogP contribution in [0.5, 0.6) is 0 Å². The molecule has 6 heteroatoms. The Bertz CT molecular complexity index is 447. The third-order valence-corrected chi connectivity index (χ3v) is 3.81. The first-order chi connectivity index (χ1) is 9.60. The lowest BCUT2D eigenvalue weighted by Crippen LogP contribution is -2.44. The van der Waals surface area contributed by atoms with Gasteiger partial charge in [0, 0.05) is 24.1 Å². The van der Waals surface area contributed by atoms with Crippen molar-refractivity contribution in [3.63, 3.8) is 0 Å². The van der Waals surface area contributed by atoms with E-state index in [0.717, 1.165) is 25.9 Å². The van der Waals surface area contributed by atoms with Crippen LogP contribution in [0.1, 0.15) is 23.2 Å². The third-order valence-electron chi connectivity index (χ3n) is 3.81. The Hall–Kier alpha value is -1.01. The van der Waals surface area contributed by atoms with E-state index in [1.807, 2.05) is 0 Å². The van der Waals surface area contributed by atoms with Crippen molar-refractivity contribution in [2.45, 2.75) is 18.9 Å². The van der Waals surface area contributed by atoms with E-state index in [1.54, 1.807) is 12.1 Å². The minimum absolute atomic E-state index is 0. The fraction of sp³-hybridized carbons (Fsp3) is 0.533. The highest BCUT2D eigenvalue weighted by atomic mass is 35.5. The predicted molar refractivity (Wildman–Crippen MR) is 82.2 cm³/mol. The number of nitrogens with zero attached hydrogens (tertiary/aromatic N) is 1. The lowest BCUT2D eigenvalue weighted by atomic mass is 9.89. The maximum Gasteiger partial charge on any atom is 0.166 e. The van der Waals surface area contributed by atoms with Gasteiger partial charge in [-0.3, -0.25) is 4.79 Å². The number of aliphatic hydroxyl groups is 1. The second-order valence-corrected chi connectivity index (χ2v) is 5.39. The number of aliphatic hydroxyl groups excluding tert-OH is 1. The fourth-order valence-electron chi connectivity index (χ4n) is 2.62. The zero-order chi connectivity index (χ0) is 14.5. The molecular formula is C15H22ClFN2O2. The molecule has 0 amide bonds. The Morgan fingerprint density at radius 1 is 1.33 bits per heavy atom. The summed E-state index contributed by atoms with van der Waals surface area (Å²) in [6.07, 6.45) is 1.57. The number of nitrogens with two attached hydrogens (primary N) is 1. The van der Waals surface area contributed by atoms with Gasteiger partial charge < -0.3 is 15.7 Å². The summed E-state index contributed by atoms with van der Waals surface area (Å²) in [6.45, 7) is 2.26. The average Bonchev–Trinajstić information content (AvgIpc) is 2.48. The maximum atomic E-state index is 12.8. The van der Waals surface area contributed by atoms with Gasteiger partial charge in [0.05, 0.1) is 6.61 Å². The summed E-state index contributed by atoms with van der Waals surface area (Å²) in [5.41, 5.74) is 6.29. The molecule has 1 aromatic carbocycles. The molecule has 0 aromatic heterocycles. The van der Waals surface area contributed by atoms with Crippen LogP contribution in [0.25, 0.3) is 0 Å². The molecule has 1 aromatic rings. The largest absolute Gasteiger partial charge is 0.395 e. The lowest BCUT2D eigenvalue weighted by molar-refractivity contribution is 0.0827. The van der Waals surface area contributed by atoms with Crippen LogP contribution < -0.4 is 5.73 Å². The normalized spacial score (nSPS) is 18.0. The number of carbonyl (C=O) groups excluding carboxylic acids is 1. The van der Waals surface area contributed by atoms with E-state index in [-0.39, 0.29) is 42.6 Å². The monoisotopic (exact) mass is 316 g/mol. The summed E-state index contributed by atoms with van der Waals surface area (Å²) >= 11 is 0. The fourth-order valence-corrected chi connectivity index (χ4v) is 2.62. The van der Waals surface area contributed by atoms with E-state index in [2.05, 4.69) is 4.90 Å². The van der Waals surface area contributed by atoms with Gasteiger partial charge in [0.1, 0.15) is 5.82 Å². The van der Waals surface area contributed by atoms with Crippen molar-refractivity contribution in [1.82, 2.24) is 4.90 Å². The highest BCUT2D eigenvalue weighted by Crippen LogP contribution is 2.22. The summed E-state index contributed by atoms with van der Waals surface area (Å²) in [7, 11) is 0. The van der Waals surface area contributed by atoms with Gasteiger partial charge in [0.15, 0.2) is 5.78 Å². The molecule has 0 bridgehead atoms. The number of halogens is 2. The lowest BCUT2D eigenvalue weighted by Gasteiger charge is -2.32. The molecule has 1 aliphatic rings. The smallest absolute Gasteiger partial charge is 0.166 e. The molecule has 1 fully saturated rings. The molecule has 1 saturated heterocycles. The molecule has 1 atom stereocenters. The van der Waals surface area contributed by atoms with Gasteiger partial charge in [-0.15, -0.1) is 12.4 Å². The zero-order valence-electron chi connectivity index (χ0n) is 11.9. The van der Waals surface area contributed by atoms with Crippen molar-refractivity contribution in [2.24, 2.45) is 11.7 Å². The number of Topliss-reactive ketones (excluding diaryl/α,β-unsaturated/α-hetero) is 1. The van der Waals surface area contributed by atoms with Gasteiger partial charge in [-0.2, -0.15) is 0 Å². The second-order valence-electron chi connectivity index (χ2n) is 5.39. The summed E-state index contributed by atoms with van der Waals surface area (Å²) in [5, 5.41) is 8.94. The van der Waals surface area contributed by atoms with Gasteiger partial charge in [-0.05, 0) is 50.2 Å². The van der Waals surface area contributed by atoms with Crippen LogP contribution in [0.3, 0.4) is 0 Å². The van der Waals surface area contributed by atoms with Crippen molar-refractivity contribution in [3.05, 3.63) is 35.6 Å². The molecule has 0 saturated carbocycles. The highest BCUT2D eigenvalue weighted by molar-refractivity contribution is 5.97. The van der Waals surface area contributed by atoms with Crippen LogP contribution in [-0.2, 0) is 0 Å². The maximum absolute atomic E-state index is 12.8. The van der Waals surface area contributed by atoms with Crippen LogP contribution in [0.2, 0.25) is 0 Å². The highest BCUT2D eigenvalue weighted by Gasteiger charge is 2.26. The summed E-state index contributed by atoms with van der Waals surface area (Å²) < 4.78 is 12.8. The summed E-state index contributed by atoms with van der Waals surface area (Å²) in [6, 6.07) is 5.52. The number of ketones is 1. The van der Waals surface area contributed by atoms with Crippen molar-refractivity contribution >= 4 is 18.2 Å². The SMILES string of the molecule is Cl.N[C@H](CO)CN1CCC(C(=O)c2ccc(F)cc2)CC1. The molecule has 0 aliphatic carbocycles. The minimum Gasteiger partial charge on any atom is -0.395 e. The first-order valence-electron chi connectivity index (χ1n) is 6.98. The number of piperidine rings is 1. The molecule has 3 N–H and O–H groups in total. The quantitative estimate of drug-likeness (QED) is 0.807. The van der Waals surface area contributed by atoms with Crippen molar-refractivity contribution < 1.29 is 14.3 Å². The van der Waals surface area contributed by atoms with Gasteiger partial charge in [-0.1, -0.05) is 0 Å². The standard InChI is InChI=1S/C15H21FN2O2.ClH/c16-13-3-1-11(2-4-13)15(20)12-5-7-18(8-6-12)9-14(17)10-19;/h1-4,12,14,19H,5-10,17H2;1H/t14-;/m0./s1. The molecule has 21 heavy (non-hydrogen) atoms. The molecular weight excluding hydrogens is 295 g/mol. The van der Waals surface area contributed by atoms with E-state index in [0.29, 0.717) is 12.1 Å². The van der Waals surface area contributed by atoms with E-state index in [1.165, 1.54) is 12.1 Å².